The van der Waals surface area contributed by atoms with Crippen molar-refractivity contribution in [3.8, 4) is 5.75 Å². The summed E-state index contributed by atoms with van der Waals surface area (Å²) in [5.41, 5.74) is 0.588. The van der Waals surface area contributed by atoms with E-state index in [1.807, 2.05) is 6.92 Å². The largest absolute Gasteiger partial charge is 0.492 e. The summed E-state index contributed by atoms with van der Waals surface area (Å²) in [5, 5.41) is 0. The van der Waals surface area contributed by atoms with Crippen LogP contribution < -0.4 is 13.9 Å². The highest BCUT2D eigenvalue weighted by molar-refractivity contribution is 7.92. The van der Waals surface area contributed by atoms with Crippen molar-refractivity contribution in [1.82, 2.24) is 0 Å². The average Bonchev–Trinajstić information content (AvgIpc) is 2.80. The van der Waals surface area contributed by atoms with Crippen LogP contribution in [0.4, 0.5) is 15.8 Å². The molecule has 0 atom stereocenters. The number of sulfonamides is 1. The molecule has 0 aliphatic carbocycles. The van der Waals surface area contributed by atoms with E-state index in [9.17, 15) is 17.6 Å². The molecule has 0 bridgehead atoms. The quantitative estimate of drug-likeness (QED) is 0.492. The van der Waals surface area contributed by atoms with Crippen LogP contribution in [-0.4, -0.2) is 34.5 Å². The Morgan fingerprint density at radius 2 is 1.62 bits per heavy atom. The lowest BCUT2D eigenvalue weighted by atomic mass is 10.1. The lowest BCUT2D eigenvalue weighted by molar-refractivity contribution is 0.0988. The molecular weight excluding hydrogens is 431 g/mol. The van der Waals surface area contributed by atoms with Crippen LogP contribution in [0.15, 0.2) is 77.7 Å². The lowest BCUT2D eigenvalue weighted by Crippen LogP contribution is -2.32. The number of rotatable bonds is 8. The van der Waals surface area contributed by atoms with Crippen molar-refractivity contribution in [3.63, 3.8) is 0 Å². The van der Waals surface area contributed by atoms with Gasteiger partial charge in [-0.05, 0) is 56.3 Å². The summed E-state index contributed by atoms with van der Waals surface area (Å²) in [6.45, 7) is 4.10. The molecule has 0 aromatic heterocycles. The minimum absolute atomic E-state index is 0.167. The minimum Gasteiger partial charge on any atom is -0.492 e. The van der Waals surface area contributed by atoms with Crippen LogP contribution in [0, 0.1) is 5.82 Å². The predicted octanol–water partition coefficient (Wildman–Crippen LogP) is 4.72. The summed E-state index contributed by atoms with van der Waals surface area (Å²) in [6.07, 6.45) is 0. The molecule has 32 heavy (non-hydrogen) atoms. The van der Waals surface area contributed by atoms with E-state index in [-0.39, 0.29) is 17.0 Å². The van der Waals surface area contributed by atoms with Gasteiger partial charge in [-0.3, -0.25) is 9.10 Å². The molecule has 0 radical (unpaired) electrons. The smallest absolute Gasteiger partial charge is 0.264 e. The second-order valence-electron chi connectivity index (χ2n) is 6.91. The van der Waals surface area contributed by atoms with Crippen LogP contribution in [0.5, 0.6) is 5.75 Å². The minimum atomic E-state index is -4.01. The molecule has 0 N–H and O–H groups in total. The van der Waals surface area contributed by atoms with E-state index in [1.165, 1.54) is 22.3 Å². The van der Waals surface area contributed by atoms with Gasteiger partial charge in [0.2, 0.25) is 0 Å². The molecule has 0 aliphatic rings. The number of anilines is 2. The van der Waals surface area contributed by atoms with E-state index < -0.39 is 21.7 Å². The van der Waals surface area contributed by atoms with Gasteiger partial charge < -0.3 is 9.64 Å². The molecular formula is C24H25FN2O4S. The Morgan fingerprint density at radius 1 is 0.969 bits per heavy atom. The topological polar surface area (TPSA) is 66.9 Å². The molecule has 3 aromatic carbocycles. The fraction of sp³-hybridized carbons (Fsp3) is 0.208. The molecule has 168 valence electrons. The number of ether oxygens (including phenoxy) is 1. The average molecular weight is 457 g/mol. The maximum Gasteiger partial charge on any atom is 0.264 e. The molecule has 3 aromatic rings. The highest BCUT2D eigenvalue weighted by Crippen LogP contribution is 2.30. The van der Waals surface area contributed by atoms with Gasteiger partial charge in [0.15, 0.2) is 0 Å². The van der Waals surface area contributed by atoms with E-state index in [4.69, 9.17) is 4.74 Å². The van der Waals surface area contributed by atoms with Crippen LogP contribution in [0.25, 0.3) is 0 Å². The number of carbonyl (C=O) groups excluding carboxylic acids is 1. The summed E-state index contributed by atoms with van der Waals surface area (Å²) < 4.78 is 48.0. The summed E-state index contributed by atoms with van der Waals surface area (Å²) in [5.74, 6) is -1.02. The van der Waals surface area contributed by atoms with Crippen molar-refractivity contribution < 1.29 is 22.3 Å². The zero-order valence-corrected chi connectivity index (χ0v) is 19.0. The van der Waals surface area contributed by atoms with Crippen molar-refractivity contribution >= 4 is 27.3 Å². The van der Waals surface area contributed by atoms with Gasteiger partial charge in [-0.2, -0.15) is 0 Å². The van der Waals surface area contributed by atoms with Crippen LogP contribution in [0.3, 0.4) is 0 Å². The first-order valence-electron chi connectivity index (χ1n) is 10.2. The summed E-state index contributed by atoms with van der Waals surface area (Å²) in [7, 11) is -2.52. The molecule has 0 aliphatic heterocycles. The van der Waals surface area contributed by atoms with Gasteiger partial charge in [-0.1, -0.05) is 30.3 Å². The van der Waals surface area contributed by atoms with Crippen LogP contribution in [0.2, 0.25) is 0 Å². The maximum absolute atomic E-state index is 14.7. The molecule has 8 heteroatoms. The molecule has 0 saturated heterocycles. The Kier molecular flexibility index (Phi) is 7.15. The van der Waals surface area contributed by atoms with Crippen molar-refractivity contribution in [1.29, 1.82) is 0 Å². The van der Waals surface area contributed by atoms with Crippen LogP contribution in [0.1, 0.15) is 24.2 Å². The van der Waals surface area contributed by atoms with E-state index in [2.05, 4.69) is 0 Å². The Labute approximate surface area is 187 Å². The van der Waals surface area contributed by atoms with E-state index in [0.717, 1.165) is 12.1 Å². The third-order valence-electron chi connectivity index (χ3n) is 4.92. The highest BCUT2D eigenvalue weighted by atomic mass is 32.2. The predicted molar refractivity (Wildman–Crippen MR) is 123 cm³/mol. The van der Waals surface area contributed by atoms with Crippen LogP contribution in [-0.2, 0) is 10.0 Å². The van der Waals surface area contributed by atoms with Gasteiger partial charge >= 0.3 is 0 Å². The van der Waals surface area contributed by atoms with Gasteiger partial charge in [-0.25, -0.2) is 12.8 Å². The van der Waals surface area contributed by atoms with Gasteiger partial charge in [0.05, 0.1) is 28.4 Å². The number of amides is 1. The first-order chi connectivity index (χ1) is 15.3. The second kappa shape index (κ2) is 9.82. The van der Waals surface area contributed by atoms with Crippen molar-refractivity contribution in [2.75, 3.05) is 29.4 Å². The third kappa shape index (κ3) is 4.60. The van der Waals surface area contributed by atoms with Gasteiger partial charge in [0, 0.05) is 13.6 Å². The number of hydrogen-bond donors (Lipinski definition) is 0. The molecule has 0 heterocycles. The molecule has 1 amide bonds. The van der Waals surface area contributed by atoms with Gasteiger partial charge in [0.1, 0.15) is 11.6 Å². The van der Waals surface area contributed by atoms with Crippen molar-refractivity contribution in [2.24, 2.45) is 0 Å². The van der Waals surface area contributed by atoms with Gasteiger partial charge in [-0.15, -0.1) is 0 Å². The van der Waals surface area contributed by atoms with E-state index in [1.54, 1.807) is 61.5 Å². The first-order valence-corrected chi connectivity index (χ1v) is 11.6. The number of nitrogens with zero attached hydrogens (tertiary/aromatic N) is 2. The number of hydrogen-bond acceptors (Lipinski definition) is 4. The Bertz CT molecular complexity index is 1200. The maximum atomic E-state index is 14.7. The number of carbonyl (C=O) groups is 1. The van der Waals surface area contributed by atoms with Crippen molar-refractivity contribution in [2.45, 2.75) is 18.7 Å². The third-order valence-corrected chi connectivity index (χ3v) is 6.82. The fourth-order valence-corrected chi connectivity index (χ4v) is 4.84. The van der Waals surface area contributed by atoms with E-state index >= 15 is 0 Å². The van der Waals surface area contributed by atoms with E-state index in [0.29, 0.717) is 23.7 Å². The summed E-state index contributed by atoms with van der Waals surface area (Å²) in [6, 6.07) is 18.7. The fourth-order valence-electron chi connectivity index (χ4n) is 3.34. The number of halogens is 1. The molecule has 0 unspecified atom stereocenters. The second-order valence-corrected chi connectivity index (χ2v) is 8.77. The first kappa shape index (κ1) is 23.3. The Hall–Kier alpha value is -3.39. The van der Waals surface area contributed by atoms with Crippen molar-refractivity contribution in [3.05, 3.63) is 84.2 Å². The molecule has 3 rings (SSSR count). The Morgan fingerprint density at radius 3 is 2.28 bits per heavy atom. The lowest BCUT2D eigenvalue weighted by Gasteiger charge is -2.24. The van der Waals surface area contributed by atoms with Crippen LogP contribution >= 0.6 is 0 Å². The monoisotopic (exact) mass is 456 g/mol. The number of para-hydroxylation sites is 3. The van der Waals surface area contributed by atoms with Gasteiger partial charge in [0.25, 0.3) is 15.9 Å². The Balaban J connectivity index is 2.01. The zero-order chi connectivity index (χ0) is 23.3. The molecule has 0 fully saturated rings. The number of benzene rings is 3. The normalized spacial score (nSPS) is 11.1. The summed E-state index contributed by atoms with van der Waals surface area (Å²) >= 11 is 0. The zero-order valence-electron chi connectivity index (χ0n) is 18.2. The SMILES string of the molecule is CCOc1ccccc1N(C)C(=O)c1cc(S(=O)(=O)N(CC)c2ccccc2)ccc1F. The summed E-state index contributed by atoms with van der Waals surface area (Å²) in [4.78, 5) is 14.2. The molecule has 0 saturated carbocycles. The molecule has 0 spiro atoms. The standard InChI is InChI=1S/C24H25FN2O4S/c1-4-27(18-11-7-6-8-12-18)32(29,30)19-15-16-21(25)20(17-19)24(28)26(3)22-13-9-10-14-23(22)31-5-2/h6-17H,4-5H2,1-3H3. The highest BCUT2D eigenvalue weighted by Gasteiger charge is 2.27. The molecule has 6 nitrogen and oxygen atoms in total.